The van der Waals surface area contributed by atoms with Crippen LogP contribution in [0.3, 0.4) is 0 Å². The molecule has 0 aromatic rings. The molecule has 0 aliphatic rings. The van der Waals surface area contributed by atoms with Gasteiger partial charge < -0.3 is 10.2 Å². The van der Waals surface area contributed by atoms with Crippen molar-refractivity contribution in [1.29, 1.82) is 0 Å². The molecule has 0 saturated heterocycles. The second-order valence-corrected chi connectivity index (χ2v) is 9.49. The number of carbonyl (C=O) groups is 2. The minimum absolute atomic E-state index is 0.564. The fraction of sp³-hybridized carbons (Fsp3) is 0.905. The van der Waals surface area contributed by atoms with Crippen LogP contribution in [0.5, 0.6) is 0 Å². The van der Waals surface area contributed by atoms with Crippen molar-refractivity contribution < 1.29 is 98.8 Å². The fourth-order valence-corrected chi connectivity index (χ4v) is 3.66. The van der Waals surface area contributed by atoms with Crippen LogP contribution in [0.25, 0.3) is 0 Å². The normalized spacial score (nSPS) is 16.2. The lowest BCUT2D eigenvalue weighted by molar-refractivity contribution is -0.396. The van der Waals surface area contributed by atoms with Gasteiger partial charge in [0.25, 0.3) is 0 Å². The van der Waals surface area contributed by atoms with Crippen LogP contribution in [-0.2, 0) is 9.59 Å². The molecule has 0 aliphatic heterocycles. The first-order valence-corrected chi connectivity index (χ1v) is 11.7. The maximum absolute atomic E-state index is 13.6. The van der Waals surface area contributed by atoms with Crippen molar-refractivity contribution in [1.82, 2.24) is 0 Å². The Balaban J connectivity index is 5.20. The van der Waals surface area contributed by atoms with E-state index in [4.69, 9.17) is 10.2 Å². The predicted octanol–water partition coefficient (Wildman–Crippen LogP) is 8.84. The van der Waals surface area contributed by atoms with Crippen molar-refractivity contribution >= 4 is 11.9 Å². The quantitative estimate of drug-likeness (QED) is 0.142. The van der Waals surface area contributed by atoms with E-state index >= 15 is 0 Å². The van der Waals surface area contributed by atoms with E-state index < -0.39 is 129 Å². The second-order valence-electron chi connectivity index (χ2n) is 9.49. The van der Waals surface area contributed by atoms with Crippen LogP contribution < -0.4 is 0 Å². The van der Waals surface area contributed by atoms with Gasteiger partial charge in [-0.2, -0.15) is 79.0 Å². The molecule has 4 nitrogen and oxygen atoms in total. The molecule has 0 aromatic heterocycles. The summed E-state index contributed by atoms with van der Waals surface area (Å²) in [6, 6.07) is 0. The summed E-state index contributed by atoms with van der Waals surface area (Å²) in [7, 11) is 0. The third-order valence-electron chi connectivity index (χ3n) is 6.31. The first kappa shape index (κ1) is 40.7. The molecule has 0 spiro atoms. The zero-order valence-electron chi connectivity index (χ0n) is 21.0. The number of carboxylic acids is 2. The Morgan fingerprint density at radius 2 is 0.651 bits per heavy atom. The molecule has 2 atom stereocenters. The summed E-state index contributed by atoms with van der Waals surface area (Å²) >= 11 is 0. The molecule has 256 valence electrons. The topological polar surface area (TPSA) is 74.6 Å². The van der Waals surface area contributed by atoms with E-state index in [1.807, 2.05) is 0 Å². The summed E-state index contributed by atoms with van der Waals surface area (Å²) in [6.45, 7) is 0. The molecule has 0 bridgehead atoms. The molecule has 0 heterocycles. The van der Waals surface area contributed by atoms with Gasteiger partial charge >= 0.3 is 59.8 Å². The molecular formula is C21H22F18O4. The van der Waals surface area contributed by atoms with E-state index in [1.54, 1.807) is 0 Å². The first-order valence-electron chi connectivity index (χ1n) is 11.7. The molecule has 0 saturated carbocycles. The first-order chi connectivity index (χ1) is 18.8. The molecule has 22 heteroatoms. The molecular weight excluding hydrogens is 658 g/mol. The molecule has 0 rings (SSSR count). The van der Waals surface area contributed by atoms with Crippen molar-refractivity contribution in [2.45, 2.75) is 106 Å². The van der Waals surface area contributed by atoms with E-state index in [1.165, 1.54) is 0 Å². The van der Waals surface area contributed by atoms with Gasteiger partial charge in [0.15, 0.2) is 0 Å². The maximum Gasteiger partial charge on any atom is 0.460 e. The average Bonchev–Trinajstić information content (AvgIpc) is 2.79. The van der Waals surface area contributed by atoms with Crippen LogP contribution in [-0.4, -0.2) is 70.0 Å². The number of hydrogen-bond donors (Lipinski definition) is 2. The number of hydrogen-bond acceptors (Lipinski definition) is 2. The standard InChI is InChI=1S/C21H22F18O4/c22-14(23,16(26,27)18(30,31)20(34,35)36)8-2-6-10(12(40)41)4-1-5-11(13(42)43)7-3-9-15(24,25)17(28,29)19(32,33)21(37,38)39/h10-11H,1-9H2,(H,40,41)(H,42,43). The van der Waals surface area contributed by atoms with Crippen molar-refractivity contribution in [3.05, 3.63) is 0 Å². The summed E-state index contributed by atoms with van der Waals surface area (Å²) in [4.78, 5) is 22.5. The van der Waals surface area contributed by atoms with Gasteiger partial charge in [-0.1, -0.05) is 6.42 Å². The van der Waals surface area contributed by atoms with Crippen molar-refractivity contribution in [3.8, 4) is 0 Å². The van der Waals surface area contributed by atoms with Crippen LogP contribution in [0.1, 0.15) is 57.8 Å². The lowest BCUT2D eigenvalue weighted by atomic mass is 9.89. The zero-order valence-corrected chi connectivity index (χ0v) is 21.0. The van der Waals surface area contributed by atoms with Crippen molar-refractivity contribution in [2.24, 2.45) is 11.8 Å². The summed E-state index contributed by atoms with van der Waals surface area (Å²) in [5, 5.41) is 18.2. The molecule has 0 fully saturated rings. The predicted molar refractivity (Wildman–Crippen MR) is 106 cm³/mol. The minimum Gasteiger partial charge on any atom is -0.481 e. The van der Waals surface area contributed by atoms with Gasteiger partial charge in [0, 0.05) is 12.8 Å². The highest BCUT2D eigenvalue weighted by Crippen LogP contribution is 2.55. The van der Waals surface area contributed by atoms with Crippen LogP contribution in [0, 0.1) is 11.8 Å². The minimum atomic E-state index is -7.17. The summed E-state index contributed by atoms with van der Waals surface area (Å²) in [6.07, 6.45) is -25.6. The molecule has 2 unspecified atom stereocenters. The third kappa shape index (κ3) is 8.87. The summed E-state index contributed by atoms with van der Waals surface area (Å²) in [5.74, 6) is -47.5. The average molecular weight is 680 g/mol. The molecule has 43 heavy (non-hydrogen) atoms. The van der Waals surface area contributed by atoms with Crippen LogP contribution in [0.4, 0.5) is 79.0 Å². The summed E-state index contributed by atoms with van der Waals surface area (Å²) in [5.41, 5.74) is 0. The van der Waals surface area contributed by atoms with Gasteiger partial charge in [-0.3, -0.25) is 9.59 Å². The maximum atomic E-state index is 13.6. The van der Waals surface area contributed by atoms with Crippen molar-refractivity contribution in [3.63, 3.8) is 0 Å². The number of alkyl halides is 18. The van der Waals surface area contributed by atoms with E-state index in [-0.39, 0.29) is 0 Å². The van der Waals surface area contributed by atoms with E-state index in [2.05, 4.69) is 0 Å². The summed E-state index contributed by atoms with van der Waals surface area (Å²) < 4.78 is 232. The second kappa shape index (κ2) is 13.4. The highest BCUT2D eigenvalue weighted by molar-refractivity contribution is 5.70. The van der Waals surface area contributed by atoms with Crippen LogP contribution >= 0.6 is 0 Å². The number of carboxylic acid groups (broad SMARTS) is 2. The Kier molecular flexibility index (Phi) is 12.6. The molecule has 0 radical (unpaired) electrons. The van der Waals surface area contributed by atoms with E-state index in [0.717, 1.165) is 0 Å². The van der Waals surface area contributed by atoms with Crippen LogP contribution in [0.2, 0.25) is 0 Å². The highest BCUT2D eigenvalue weighted by Gasteiger charge is 2.82. The van der Waals surface area contributed by atoms with E-state index in [0.29, 0.717) is 0 Å². The van der Waals surface area contributed by atoms with Gasteiger partial charge in [-0.25, -0.2) is 0 Å². The number of halogens is 18. The Hall–Kier alpha value is -2.32. The zero-order chi connectivity index (χ0) is 34.7. The van der Waals surface area contributed by atoms with Gasteiger partial charge in [-0.15, -0.1) is 0 Å². The van der Waals surface area contributed by atoms with Crippen molar-refractivity contribution in [2.75, 3.05) is 0 Å². The number of rotatable bonds is 18. The SMILES string of the molecule is O=C(O)C(CCCC(CCCC(F)(F)C(F)(F)C(F)(F)C(F)(F)F)C(=O)O)CCCC(F)(F)C(F)(F)C(F)(F)C(F)(F)F. The lowest BCUT2D eigenvalue weighted by Gasteiger charge is -2.33. The molecule has 0 aliphatic carbocycles. The Bertz CT molecular complexity index is 867. The van der Waals surface area contributed by atoms with Gasteiger partial charge in [-0.05, 0) is 38.5 Å². The third-order valence-corrected chi connectivity index (χ3v) is 6.31. The van der Waals surface area contributed by atoms with E-state index in [9.17, 15) is 88.6 Å². The number of aliphatic carboxylic acids is 2. The van der Waals surface area contributed by atoms with Gasteiger partial charge in [0.1, 0.15) is 0 Å². The van der Waals surface area contributed by atoms with Gasteiger partial charge in [0.05, 0.1) is 11.8 Å². The molecule has 0 amide bonds. The smallest absolute Gasteiger partial charge is 0.460 e. The lowest BCUT2D eigenvalue weighted by Crippen LogP contribution is -2.60. The Labute approximate surface area is 229 Å². The Morgan fingerprint density at radius 3 is 0.860 bits per heavy atom. The monoisotopic (exact) mass is 680 g/mol. The fourth-order valence-electron chi connectivity index (χ4n) is 3.66. The molecule has 0 aromatic carbocycles. The van der Waals surface area contributed by atoms with Gasteiger partial charge in [0.2, 0.25) is 0 Å². The largest absolute Gasteiger partial charge is 0.481 e. The molecule has 2 N–H and O–H groups in total. The van der Waals surface area contributed by atoms with Crippen LogP contribution in [0.15, 0.2) is 0 Å². The highest BCUT2D eigenvalue weighted by atomic mass is 19.4. The Morgan fingerprint density at radius 1 is 0.419 bits per heavy atom.